The van der Waals surface area contributed by atoms with Crippen LogP contribution in [0, 0.1) is 0 Å². The molecular weight excluding hydrogens is 326 g/mol. The molecule has 1 saturated heterocycles. The lowest BCUT2D eigenvalue weighted by molar-refractivity contribution is -0.125. The minimum atomic E-state index is -1.20. The molecule has 8 nitrogen and oxygen atoms in total. The van der Waals surface area contributed by atoms with Gasteiger partial charge in [0, 0.05) is 6.54 Å². The summed E-state index contributed by atoms with van der Waals surface area (Å²) in [5.74, 6) is -1.29. The highest BCUT2D eigenvalue weighted by atomic mass is 16.4. The summed E-state index contributed by atoms with van der Waals surface area (Å²) in [6.45, 7) is 0.674. The fourth-order valence-electron chi connectivity index (χ4n) is 2.81. The number of nitrogens with one attached hydrogen (secondary N) is 1. The molecule has 0 bridgehead atoms. The van der Waals surface area contributed by atoms with Crippen LogP contribution in [-0.2, 0) is 11.3 Å². The van der Waals surface area contributed by atoms with Crippen LogP contribution in [0.5, 0.6) is 0 Å². The third-order valence-corrected chi connectivity index (χ3v) is 4.02. The first-order valence-electron chi connectivity index (χ1n) is 7.87. The van der Waals surface area contributed by atoms with Gasteiger partial charge in [0.2, 0.25) is 5.91 Å². The summed E-state index contributed by atoms with van der Waals surface area (Å²) in [5, 5.41) is 11.7. The molecular formula is C17H17N3O5. The van der Waals surface area contributed by atoms with Crippen molar-refractivity contribution < 1.29 is 23.9 Å². The number of hydrogen-bond donors (Lipinski definition) is 2. The molecule has 0 aliphatic carbocycles. The number of amides is 2. The van der Waals surface area contributed by atoms with Gasteiger partial charge in [-0.05, 0) is 37.1 Å². The van der Waals surface area contributed by atoms with E-state index in [4.69, 9.17) is 9.52 Å². The summed E-state index contributed by atoms with van der Waals surface area (Å²) in [5.41, 5.74) is -0.186. The van der Waals surface area contributed by atoms with E-state index in [1.165, 1.54) is 29.4 Å². The fraction of sp³-hybridized carbons (Fsp3) is 0.294. The van der Waals surface area contributed by atoms with Gasteiger partial charge in [-0.3, -0.25) is 9.59 Å². The highest BCUT2D eigenvalue weighted by Crippen LogP contribution is 2.20. The number of carboxylic acids is 1. The minimum absolute atomic E-state index is 0.0191. The van der Waals surface area contributed by atoms with E-state index >= 15 is 0 Å². The van der Waals surface area contributed by atoms with Gasteiger partial charge < -0.3 is 19.7 Å². The van der Waals surface area contributed by atoms with Crippen molar-refractivity contribution in [3.63, 3.8) is 0 Å². The fourth-order valence-corrected chi connectivity index (χ4v) is 2.81. The van der Waals surface area contributed by atoms with E-state index < -0.39 is 17.9 Å². The van der Waals surface area contributed by atoms with Crippen molar-refractivity contribution in [1.29, 1.82) is 0 Å². The van der Waals surface area contributed by atoms with Gasteiger partial charge in [0.15, 0.2) is 0 Å². The van der Waals surface area contributed by atoms with Gasteiger partial charge in [0.25, 0.3) is 5.91 Å². The first-order valence-corrected chi connectivity index (χ1v) is 7.87. The van der Waals surface area contributed by atoms with Crippen molar-refractivity contribution in [2.75, 3.05) is 6.54 Å². The number of aromatic carboxylic acids is 1. The van der Waals surface area contributed by atoms with Crippen molar-refractivity contribution in [3.8, 4) is 0 Å². The van der Waals surface area contributed by atoms with E-state index in [1.54, 1.807) is 12.1 Å². The van der Waals surface area contributed by atoms with Crippen LogP contribution in [0.25, 0.3) is 0 Å². The predicted octanol–water partition coefficient (Wildman–Crippen LogP) is 1.29. The van der Waals surface area contributed by atoms with Crippen molar-refractivity contribution in [3.05, 3.63) is 53.7 Å². The third kappa shape index (κ3) is 3.68. The van der Waals surface area contributed by atoms with Gasteiger partial charge in [0.1, 0.15) is 23.2 Å². The summed E-state index contributed by atoms with van der Waals surface area (Å²) < 4.78 is 5.16. The molecule has 2 N–H and O–H groups in total. The second-order valence-electron chi connectivity index (χ2n) is 5.67. The van der Waals surface area contributed by atoms with Gasteiger partial charge >= 0.3 is 5.97 Å². The maximum Gasteiger partial charge on any atom is 0.354 e. The Morgan fingerprint density at radius 1 is 1.24 bits per heavy atom. The number of hydrogen-bond acceptors (Lipinski definition) is 5. The Bertz CT molecular complexity index is 787. The van der Waals surface area contributed by atoms with Crippen LogP contribution in [0.1, 0.15) is 39.6 Å². The van der Waals surface area contributed by atoms with E-state index in [0.29, 0.717) is 25.1 Å². The molecule has 3 heterocycles. The number of carboxylic acid groups (broad SMARTS) is 1. The molecule has 1 unspecified atom stereocenters. The largest absolute Gasteiger partial charge is 0.477 e. The average molecular weight is 343 g/mol. The Balaban J connectivity index is 1.70. The number of nitrogens with zero attached hydrogens (tertiary/aromatic N) is 2. The standard InChI is InChI=1S/C17H17N3O5/c21-15(18-10-11-4-3-9-25-11)14-7-2-8-20(14)16(22)12-5-1-6-13(19-12)17(23)24/h1,3-6,9,14H,2,7-8,10H2,(H,18,21)(H,23,24). The van der Waals surface area contributed by atoms with Gasteiger partial charge in [-0.15, -0.1) is 0 Å². The second-order valence-corrected chi connectivity index (χ2v) is 5.67. The molecule has 2 amide bonds. The zero-order valence-corrected chi connectivity index (χ0v) is 13.3. The Hall–Kier alpha value is -3.16. The topological polar surface area (TPSA) is 113 Å². The lowest BCUT2D eigenvalue weighted by Crippen LogP contribution is -2.46. The molecule has 1 aliphatic heterocycles. The number of likely N-dealkylation sites (tertiary alicyclic amines) is 1. The molecule has 1 fully saturated rings. The van der Waals surface area contributed by atoms with Crippen molar-refractivity contribution in [2.24, 2.45) is 0 Å². The van der Waals surface area contributed by atoms with Crippen LogP contribution in [0.3, 0.4) is 0 Å². The van der Waals surface area contributed by atoms with Crippen LogP contribution in [-0.4, -0.2) is 45.4 Å². The van der Waals surface area contributed by atoms with Crippen molar-refractivity contribution >= 4 is 17.8 Å². The normalized spacial score (nSPS) is 16.6. The smallest absolute Gasteiger partial charge is 0.354 e. The molecule has 0 spiro atoms. The zero-order valence-electron chi connectivity index (χ0n) is 13.3. The minimum Gasteiger partial charge on any atom is -0.477 e. The lowest BCUT2D eigenvalue weighted by atomic mass is 10.2. The molecule has 2 aromatic rings. The number of furan rings is 1. The first kappa shape index (κ1) is 16.7. The van der Waals surface area contributed by atoms with Gasteiger partial charge in [-0.25, -0.2) is 9.78 Å². The van der Waals surface area contributed by atoms with Crippen LogP contribution in [0.15, 0.2) is 41.0 Å². The van der Waals surface area contributed by atoms with E-state index in [9.17, 15) is 14.4 Å². The van der Waals surface area contributed by atoms with E-state index in [0.717, 1.165) is 0 Å². The maximum atomic E-state index is 12.6. The van der Waals surface area contributed by atoms with Gasteiger partial charge in [0.05, 0.1) is 12.8 Å². The Morgan fingerprint density at radius 3 is 2.76 bits per heavy atom. The molecule has 25 heavy (non-hydrogen) atoms. The maximum absolute atomic E-state index is 12.6. The average Bonchev–Trinajstić information content (AvgIpc) is 3.30. The monoisotopic (exact) mass is 343 g/mol. The van der Waals surface area contributed by atoms with Crippen LogP contribution >= 0.6 is 0 Å². The molecule has 3 rings (SSSR count). The highest BCUT2D eigenvalue weighted by molar-refractivity contribution is 5.97. The van der Waals surface area contributed by atoms with Gasteiger partial charge in [-0.1, -0.05) is 6.07 Å². The molecule has 1 aliphatic rings. The molecule has 0 radical (unpaired) electrons. The number of aromatic nitrogens is 1. The quantitative estimate of drug-likeness (QED) is 0.846. The number of carbonyl (C=O) groups excluding carboxylic acids is 2. The number of rotatable bonds is 5. The van der Waals surface area contributed by atoms with E-state index in [1.807, 2.05) is 0 Å². The summed E-state index contributed by atoms with van der Waals surface area (Å²) in [4.78, 5) is 41.3. The van der Waals surface area contributed by atoms with Crippen LogP contribution in [0.2, 0.25) is 0 Å². The zero-order chi connectivity index (χ0) is 17.8. The Morgan fingerprint density at radius 2 is 2.04 bits per heavy atom. The highest BCUT2D eigenvalue weighted by Gasteiger charge is 2.35. The van der Waals surface area contributed by atoms with Crippen molar-refractivity contribution in [1.82, 2.24) is 15.2 Å². The molecule has 130 valence electrons. The molecule has 2 aromatic heterocycles. The number of pyridine rings is 1. The molecule has 8 heteroatoms. The molecule has 0 saturated carbocycles. The first-order chi connectivity index (χ1) is 12.1. The summed E-state index contributed by atoms with van der Waals surface area (Å²) in [7, 11) is 0. The predicted molar refractivity (Wildman–Crippen MR) is 85.8 cm³/mol. The van der Waals surface area contributed by atoms with Crippen molar-refractivity contribution in [2.45, 2.75) is 25.4 Å². The van der Waals surface area contributed by atoms with Crippen LogP contribution in [0.4, 0.5) is 0 Å². The third-order valence-electron chi connectivity index (χ3n) is 4.02. The SMILES string of the molecule is O=C(O)c1cccc(C(=O)N2CCCC2C(=O)NCc2ccco2)n1. The molecule has 1 atom stereocenters. The second kappa shape index (κ2) is 7.16. The Kier molecular flexibility index (Phi) is 4.78. The summed E-state index contributed by atoms with van der Waals surface area (Å²) in [6.07, 6.45) is 2.77. The summed E-state index contributed by atoms with van der Waals surface area (Å²) >= 11 is 0. The van der Waals surface area contributed by atoms with E-state index in [2.05, 4.69) is 10.3 Å². The molecule has 0 aromatic carbocycles. The van der Waals surface area contributed by atoms with E-state index in [-0.39, 0.29) is 23.8 Å². The van der Waals surface area contributed by atoms with Crippen LogP contribution < -0.4 is 5.32 Å². The lowest BCUT2D eigenvalue weighted by Gasteiger charge is -2.23. The van der Waals surface area contributed by atoms with Gasteiger partial charge in [-0.2, -0.15) is 0 Å². The Labute approximate surface area is 143 Å². The summed E-state index contributed by atoms with van der Waals surface area (Å²) in [6, 6.07) is 7.11. The number of carbonyl (C=O) groups is 3.